The third-order valence-corrected chi connectivity index (χ3v) is 5.22. The van der Waals surface area contributed by atoms with Gasteiger partial charge in [0.1, 0.15) is 11.2 Å². The largest absolute Gasteiger partial charge is 0.493 e. The first-order valence-corrected chi connectivity index (χ1v) is 8.55. The predicted octanol–water partition coefficient (Wildman–Crippen LogP) is 3.62. The summed E-state index contributed by atoms with van der Waals surface area (Å²) in [4.78, 5) is 14.0. The van der Waals surface area contributed by atoms with Gasteiger partial charge in [0.2, 0.25) is 5.91 Å². The molecular formula is C18H18FNO3S. The van der Waals surface area contributed by atoms with Gasteiger partial charge in [-0.1, -0.05) is 24.3 Å². The van der Waals surface area contributed by atoms with Crippen molar-refractivity contribution in [2.24, 2.45) is 0 Å². The molecule has 1 atom stereocenters. The van der Waals surface area contributed by atoms with Gasteiger partial charge in [0.15, 0.2) is 11.5 Å². The molecular weight excluding hydrogens is 329 g/mol. The van der Waals surface area contributed by atoms with Crippen molar-refractivity contribution in [2.75, 3.05) is 20.0 Å². The summed E-state index contributed by atoms with van der Waals surface area (Å²) in [5, 5.41) is -0.170. The van der Waals surface area contributed by atoms with Crippen LogP contribution in [-0.4, -0.2) is 30.8 Å². The number of nitrogens with zero attached hydrogens (tertiary/aromatic N) is 1. The molecule has 1 aliphatic rings. The summed E-state index contributed by atoms with van der Waals surface area (Å²) in [5.41, 5.74) is 1.44. The van der Waals surface area contributed by atoms with Crippen molar-refractivity contribution in [1.82, 2.24) is 4.90 Å². The van der Waals surface area contributed by atoms with Crippen LogP contribution >= 0.6 is 11.8 Å². The van der Waals surface area contributed by atoms with Crippen LogP contribution in [0.1, 0.15) is 16.5 Å². The van der Waals surface area contributed by atoms with Gasteiger partial charge >= 0.3 is 0 Å². The molecule has 1 amide bonds. The monoisotopic (exact) mass is 347 g/mol. The Morgan fingerprint density at radius 2 is 1.92 bits per heavy atom. The van der Waals surface area contributed by atoms with Gasteiger partial charge in [-0.25, -0.2) is 4.39 Å². The minimum Gasteiger partial charge on any atom is -0.493 e. The van der Waals surface area contributed by atoms with E-state index in [0.29, 0.717) is 22.8 Å². The van der Waals surface area contributed by atoms with Gasteiger partial charge in [0.25, 0.3) is 0 Å². The van der Waals surface area contributed by atoms with E-state index in [1.807, 2.05) is 18.2 Å². The first kappa shape index (κ1) is 16.6. The molecule has 0 N–H and O–H groups in total. The second-order valence-corrected chi connectivity index (χ2v) is 6.46. The third-order valence-electron chi connectivity index (χ3n) is 3.96. The summed E-state index contributed by atoms with van der Waals surface area (Å²) in [6.45, 7) is 0.248. The molecule has 4 nitrogen and oxygen atoms in total. The van der Waals surface area contributed by atoms with Crippen LogP contribution in [0, 0.1) is 5.82 Å². The molecule has 0 radical (unpaired) electrons. The van der Waals surface area contributed by atoms with E-state index < -0.39 is 0 Å². The Morgan fingerprint density at radius 1 is 1.17 bits per heavy atom. The van der Waals surface area contributed by atoms with Gasteiger partial charge in [-0.2, -0.15) is 0 Å². The van der Waals surface area contributed by atoms with Crippen LogP contribution in [0.25, 0.3) is 0 Å². The van der Waals surface area contributed by atoms with E-state index in [1.165, 1.54) is 17.8 Å². The van der Waals surface area contributed by atoms with Crippen molar-refractivity contribution in [1.29, 1.82) is 0 Å². The standard InChI is InChI=1S/C18H18FNO3S/c1-22-15-8-7-12(9-16(15)23-2)18-20(17(21)11-24-18)10-13-5-3-4-6-14(13)19/h3-9,18H,10-11H2,1-2H3. The second-order valence-electron chi connectivity index (χ2n) is 5.39. The van der Waals surface area contributed by atoms with Crippen molar-refractivity contribution in [3.05, 3.63) is 59.4 Å². The summed E-state index contributed by atoms with van der Waals surface area (Å²) >= 11 is 1.53. The minimum absolute atomic E-state index is 0.00281. The van der Waals surface area contributed by atoms with Crippen molar-refractivity contribution >= 4 is 17.7 Å². The Morgan fingerprint density at radius 3 is 2.62 bits per heavy atom. The summed E-state index contributed by atoms with van der Waals surface area (Å²) in [5.74, 6) is 1.33. The van der Waals surface area contributed by atoms with Crippen LogP contribution in [-0.2, 0) is 11.3 Å². The highest BCUT2D eigenvalue weighted by atomic mass is 32.2. The van der Waals surface area contributed by atoms with Crippen molar-refractivity contribution in [3.8, 4) is 11.5 Å². The van der Waals surface area contributed by atoms with E-state index in [9.17, 15) is 9.18 Å². The van der Waals surface area contributed by atoms with Crippen LogP contribution in [0.5, 0.6) is 11.5 Å². The number of hydrogen-bond acceptors (Lipinski definition) is 4. The van der Waals surface area contributed by atoms with Gasteiger partial charge in [0, 0.05) is 12.1 Å². The van der Waals surface area contributed by atoms with Gasteiger partial charge in [-0.05, 0) is 23.8 Å². The van der Waals surface area contributed by atoms with Gasteiger partial charge in [0.05, 0.1) is 20.0 Å². The maximum Gasteiger partial charge on any atom is 0.234 e. The predicted molar refractivity (Wildman–Crippen MR) is 91.7 cm³/mol. The lowest BCUT2D eigenvalue weighted by molar-refractivity contribution is -0.128. The zero-order valence-electron chi connectivity index (χ0n) is 13.5. The van der Waals surface area contributed by atoms with E-state index in [4.69, 9.17) is 9.47 Å². The highest BCUT2D eigenvalue weighted by Crippen LogP contribution is 2.42. The second kappa shape index (κ2) is 7.13. The van der Waals surface area contributed by atoms with E-state index in [1.54, 1.807) is 37.3 Å². The van der Waals surface area contributed by atoms with Gasteiger partial charge in [-0.15, -0.1) is 11.8 Å². The molecule has 2 aromatic rings. The van der Waals surface area contributed by atoms with Crippen molar-refractivity contribution in [2.45, 2.75) is 11.9 Å². The number of halogens is 1. The Labute approximate surface area is 144 Å². The summed E-state index contributed by atoms with van der Waals surface area (Å²) < 4.78 is 24.5. The summed E-state index contributed by atoms with van der Waals surface area (Å²) in [6, 6.07) is 12.1. The van der Waals surface area contributed by atoms with E-state index in [-0.39, 0.29) is 23.6 Å². The molecule has 6 heteroatoms. The lowest BCUT2D eigenvalue weighted by Crippen LogP contribution is -2.28. The highest BCUT2D eigenvalue weighted by molar-refractivity contribution is 8.00. The fraction of sp³-hybridized carbons (Fsp3) is 0.278. The lowest BCUT2D eigenvalue weighted by atomic mass is 10.1. The molecule has 1 fully saturated rings. The lowest BCUT2D eigenvalue weighted by Gasteiger charge is -2.25. The molecule has 1 unspecified atom stereocenters. The molecule has 0 aliphatic carbocycles. The first-order valence-electron chi connectivity index (χ1n) is 7.50. The number of methoxy groups -OCH3 is 2. The maximum atomic E-state index is 13.9. The van der Waals surface area contributed by atoms with E-state index >= 15 is 0 Å². The molecule has 3 rings (SSSR count). The van der Waals surface area contributed by atoms with Gasteiger partial charge in [-0.3, -0.25) is 4.79 Å². The van der Waals surface area contributed by atoms with Crippen LogP contribution in [0.2, 0.25) is 0 Å². The Balaban J connectivity index is 1.89. The number of rotatable bonds is 5. The summed E-state index contributed by atoms with van der Waals surface area (Å²) in [6.07, 6.45) is 0. The maximum absolute atomic E-state index is 13.9. The Hall–Kier alpha value is -2.21. The number of carbonyl (C=O) groups is 1. The molecule has 0 spiro atoms. The Kier molecular flexibility index (Phi) is 4.94. The quantitative estimate of drug-likeness (QED) is 0.828. The third kappa shape index (κ3) is 3.19. The Bertz CT molecular complexity index is 753. The molecule has 1 saturated heterocycles. The summed E-state index contributed by atoms with van der Waals surface area (Å²) in [7, 11) is 3.15. The zero-order chi connectivity index (χ0) is 17.1. The normalized spacial score (nSPS) is 17.2. The van der Waals surface area contributed by atoms with Crippen molar-refractivity contribution in [3.63, 3.8) is 0 Å². The van der Waals surface area contributed by atoms with Crippen molar-refractivity contribution < 1.29 is 18.7 Å². The molecule has 126 valence electrons. The number of ether oxygens (including phenoxy) is 2. The number of carbonyl (C=O) groups excluding carboxylic acids is 1. The zero-order valence-corrected chi connectivity index (χ0v) is 14.3. The highest BCUT2D eigenvalue weighted by Gasteiger charge is 2.33. The fourth-order valence-electron chi connectivity index (χ4n) is 2.72. The fourth-order valence-corrected chi connectivity index (χ4v) is 3.90. The smallest absolute Gasteiger partial charge is 0.234 e. The molecule has 1 heterocycles. The van der Waals surface area contributed by atoms with Crippen LogP contribution < -0.4 is 9.47 Å². The molecule has 2 aromatic carbocycles. The van der Waals surface area contributed by atoms with Crippen LogP contribution in [0.4, 0.5) is 4.39 Å². The number of amides is 1. The molecule has 1 aliphatic heterocycles. The SMILES string of the molecule is COc1ccc(C2SCC(=O)N2Cc2ccccc2F)cc1OC. The molecule has 0 saturated carbocycles. The average molecular weight is 347 g/mol. The van der Waals surface area contributed by atoms with Crippen LogP contribution in [0.15, 0.2) is 42.5 Å². The number of thioether (sulfide) groups is 1. The number of hydrogen-bond donors (Lipinski definition) is 0. The van der Waals surface area contributed by atoms with E-state index in [2.05, 4.69) is 0 Å². The minimum atomic E-state index is -0.298. The first-order chi connectivity index (χ1) is 11.6. The van der Waals surface area contributed by atoms with E-state index in [0.717, 1.165) is 5.56 Å². The molecule has 24 heavy (non-hydrogen) atoms. The van der Waals surface area contributed by atoms with Crippen LogP contribution in [0.3, 0.4) is 0 Å². The average Bonchev–Trinajstić information content (AvgIpc) is 2.97. The topological polar surface area (TPSA) is 38.8 Å². The number of benzene rings is 2. The molecule has 0 bridgehead atoms. The van der Waals surface area contributed by atoms with Gasteiger partial charge < -0.3 is 14.4 Å². The molecule has 0 aromatic heterocycles.